The number of aromatic nitrogens is 3. The summed E-state index contributed by atoms with van der Waals surface area (Å²) in [5, 5.41) is 0. The first-order valence-corrected chi connectivity index (χ1v) is 22.5. The number of nitrogens with zero attached hydrogens (tertiary/aromatic N) is 6. The van der Waals surface area contributed by atoms with Gasteiger partial charge in [-0.1, -0.05) is 59.7 Å². The minimum atomic E-state index is -3.74. The van der Waals surface area contributed by atoms with E-state index in [9.17, 15) is 25.3 Å². The normalized spacial score (nSPS) is 16.4. The van der Waals surface area contributed by atoms with E-state index in [2.05, 4.69) is 15.0 Å². The second kappa shape index (κ2) is 17.8. The van der Waals surface area contributed by atoms with Gasteiger partial charge in [-0.3, -0.25) is 15.0 Å². The Morgan fingerprint density at radius 2 is 0.627 bits per heavy atom. The molecular formula is C36H54N6O6S3. The molecule has 51 heavy (non-hydrogen) atoms. The average Bonchev–Trinajstić information content (AvgIpc) is 3.05. The van der Waals surface area contributed by atoms with Gasteiger partial charge in [0.2, 0.25) is 30.1 Å². The van der Waals surface area contributed by atoms with Crippen LogP contribution in [0, 0.1) is 17.8 Å². The van der Waals surface area contributed by atoms with Gasteiger partial charge in [-0.15, -0.1) is 0 Å². The third-order valence-electron chi connectivity index (χ3n) is 8.75. The highest BCUT2D eigenvalue weighted by molar-refractivity contribution is 7.89. The van der Waals surface area contributed by atoms with Gasteiger partial charge in [0.05, 0.1) is 17.3 Å². The number of hydrogen-bond donors (Lipinski definition) is 0. The fourth-order valence-corrected chi connectivity index (χ4v) is 10.8. The molecule has 6 bridgehead atoms. The number of fused-ring (bicyclic) bond motifs is 6. The lowest BCUT2D eigenvalue weighted by atomic mass is 10.1. The van der Waals surface area contributed by atoms with Gasteiger partial charge < -0.3 is 0 Å². The predicted molar refractivity (Wildman–Crippen MR) is 200 cm³/mol. The Morgan fingerprint density at radius 3 is 0.804 bits per heavy atom. The summed E-state index contributed by atoms with van der Waals surface area (Å²) in [6, 6.07) is 5.44. The van der Waals surface area contributed by atoms with Crippen LogP contribution in [-0.4, -0.2) is 70.4 Å². The molecule has 0 amide bonds. The van der Waals surface area contributed by atoms with E-state index in [0.29, 0.717) is 52.6 Å². The molecule has 12 nitrogen and oxygen atoms in total. The summed E-state index contributed by atoms with van der Waals surface area (Å²) < 4.78 is 87.2. The lowest BCUT2D eigenvalue weighted by Crippen LogP contribution is -2.34. The standard InChI is InChI=1S/C36H54N6O6S3/c1-28(2)7-10-49(43,44)40-22-31-13-33(18-37-16-31)24-41(50(45,46)11-8-29(3)4)26-35-15-36(21-39-20-35)27-42(51(47,48)12-9-30(5)6)25-34-14-32(23-40)17-38-19-34/h13-21,28-30H,7-12,22-27H2,1-6H3. The molecule has 15 heteroatoms. The van der Waals surface area contributed by atoms with Crippen molar-refractivity contribution in [3.63, 3.8) is 0 Å². The Bertz CT molecular complexity index is 1650. The van der Waals surface area contributed by atoms with Crippen LogP contribution in [0.25, 0.3) is 0 Å². The molecule has 0 aromatic carbocycles. The molecular weight excluding hydrogens is 709 g/mol. The van der Waals surface area contributed by atoms with Gasteiger partial charge in [0, 0.05) is 76.4 Å². The highest BCUT2D eigenvalue weighted by atomic mass is 32.2. The molecule has 0 atom stereocenters. The Kier molecular flexibility index (Phi) is 14.3. The van der Waals surface area contributed by atoms with Crippen LogP contribution in [0.1, 0.15) is 94.2 Å². The Labute approximate surface area is 305 Å². The lowest BCUT2D eigenvalue weighted by Gasteiger charge is -2.26. The molecule has 0 radical (unpaired) electrons. The summed E-state index contributed by atoms with van der Waals surface area (Å²) in [6.45, 7) is 12.0. The molecule has 4 rings (SSSR count). The maximum atomic E-state index is 13.8. The highest BCUT2D eigenvalue weighted by Crippen LogP contribution is 2.23. The quantitative estimate of drug-likeness (QED) is 0.239. The summed E-state index contributed by atoms with van der Waals surface area (Å²) in [4.78, 5) is 13.2. The molecule has 282 valence electrons. The minimum absolute atomic E-state index is 0.0211. The van der Waals surface area contributed by atoms with Crippen molar-refractivity contribution in [3.05, 3.63) is 88.8 Å². The van der Waals surface area contributed by atoms with E-state index in [4.69, 9.17) is 0 Å². The van der Waals surface area contributed by atoms with Gasteiger partial charge in [0.25, 0.3) is 0 Å². The van der Waals surface area contributed by atoms with Gasteiger partial charge in [0.1, 0.15) is 0 Å². The van der Waals surface area contributed by atoms with Gasteiger partial charge in [0.15, 0.2) is 0 Å². The minimum Gasteiger partial charge on any atom is -0.264 e. The molecule has 0 N–H and O–H groups in total. The molecule has 4 heterocycles. The number of rotatable bonds is 12. The Morgan fingerprint density at radius 1 is 0.431 bits per heavy atom. The zero-order valence-electron chi connectivity index (χ0n) is 30.8. The predicted octanol–water partition coefficient (Wildman–Crippen LogP) is 5.32. The second-order valence-electron chi connectivity index (χ2n) is 14.9. The molecule has 0 aliphatic carbocycles. The van der Waals surface area contributed by atoms with Crippen LogP contribution in [0.4, 0.5) is 0 Å². The molecule has 0 spiro atoms. The number of hydrogen-bond acceptors (Lipinski definition) is 9. The molecule has 1 aliphatic heterocycles. The van der Waals surface area contributed by atoms with E-state index in [1.165, 1.54) is 12.9 Å². The van der Waals surface area contributed by atoms with E-state index >= 15 is 0 Å². The number of pyridine rings is 3. The molecule has 3 aromatic heterocycles. The monoisotopic (exact) mass is 762 g/mol. The maximum absolute atomic E-state index is 13.8. The molecule has 0 saturated carbocycles. The lowest BCUT2D eigenvalue weighted by molar-refractivity contribution is 0.387. The maximum Gasteiger partial charge on any atom is 0.214 e. The summed E-state index contributed by atoms with van der Waals surface area (Å²) in [5.41, 5.74) is 3.73. The van der Waals surface area contributed by atoms with E-state index in [1.807, 2.05) is 59.7 Å². The van der Waals surface area contributed by atoms with Gasteiger partial charge in [-0.2, -0.15) is 12.9 Å². The van der Waals surface area contributed by atoms with Crippen molar-refractivity contribution in [1.82, 2.24) is 27.9 Å². The Hall–Kier alpha value is -2.82. The van der Waals surface area contributed by atoms with Crippen LogP contribution in [0.3, 0.4) is 0 Å². The van der Waals surface area contributed by atoms with Crippen LogP contribution in [-0.2, 0) is 69.3 Å². The SMILES string of the molecule is CC(C)CCS(=O)(=O)N1Cc2cncc(c2)CN(S(=O)(=O)CCC(C)C)Cc2cncc(c2)CN(S(=O)(=O)CCC(C)C)Cc2cncc(c2)C1. The smallest absolute Gasteiger partial charge is 0.214 e. The largest absolute Gasteiger partial charge is 0.264 e. The van der Waals surface area contributed by atoms with E-state index in [1.54, 1.807) is 37.2 Å². The van der Waals surface area contributed by atoms with Crippen LogP contribution >= 0.6 is 0 Å². The third kappa shape index (κ3) is 12.7. The van der Waals surface area contributed by atoms with Gasteiger partial charge in [-0.05, 0) is 70.4 Å². The van der Waals surface area contributed by atoms with Crippen molar-refractivity contribution in [3.8, 4) is 0 Å². The van der Waals surface area contributed by atoms with Crippen LogP contribution in [0.5, 0.6) is 0 Å². The van der Waals surface area contributed by atoms with Crippen molar-refractivity contribution in [2.45, 2.75) is 100 Å². The third-order valence-corrected chi connectivity index (χ3v) is 14.1. The average molecular weight is 763 g/mol. The summed E-state index contributed by atoms with van der Waals surface area (Å²) in [7, 11) is -11.2. The van der Waals surface area contributed by atoms with Crippen LogP contribution < -0.4 is 0 Å². The molecule has 0 unspecified atom stereocenters. The van der Waals surface area contributed by atoms with Crippen molar-refractivity contribution < 1.29 is 25.3 Å². The summed E-state index contributed by atoms with van der Waals surface area (Å²) >= 11 is 0. The van der Waals surface area contributed by atoms with Crippen molar-refractivity contribution >= 4 is 30.1 Å². The fraction of sp³-hybridized carbons (Fsp3) is 0.583. The summed E-state index contributed by atoms with van der Waals surface area (Å²) in [6.07, 6.45) is 11.1. The van der Waals surface area contributed by atoms with E-state index < -0.39 is 30.1 Å². The van der Waals surface area contributed by atoms with Crippen molar-refractivity contribution in [2.75, 3.05) is 17.3 Å². The fourth-order valence-electron chi connectivity index (χ4n) is 5.66. The molecule has 0 fully saturated rings. The topological polar surface area (TPSA) is 151 Å². The van der Waals surface area contributed by atoms with E-state index in [-0.39, 0.29) is 74.3 Å². The van der Waals surface area contributed by atoms with Crippen LogP contribution in [0.2, 0.25) is 0 Å². The highest BCUT2D eigenvalue weighted by Gasteiger charge is 2.28. The molecule has 0 saturated heterocycles. The van der Waals surface area contributed by atoms with Crippen molar-refractivity contribution in [2.24, 2.45) is 17.8 Å². The molecule has 1 aliphatic rings. The molecule has 3 aromatic rings. The zero-order chi connectivity index (χ0) is 37.4. The first-order valence-electron chi connectivity index (χ1n) is 17.6. The zero-order valence-corrected chi connectivity index (χ0v) is 33.2. The first kappa shape index (κ1) is 40.9. The van der Waals surface area contributed by atoms with Crippen molar-refractivity contribution in [1.29, 1.82) is 0 Å². The second-order valence-corrected chi connectivity index (χ2v) is 21.2. The Balaban J connectivity index is 1.84. The van der Waals surface area contributed by atoms with E-state index in [0.717, 1.165) is 0 Å². The van der Waals surface area contributed by atoms with Gasteiger partial charge >= 0.3 is 0 Å². The van der Waals surface area contributed by atoms with Gasteiger partial charge in [-0.25, -0.2) is 25.3 Å². The van der Waals surface area contributed by atoms with Crippen LogP contribution in [0.15, 0.2) is 55.4 Å². The first-order chi connectivity index (χ1) is 23.9. The summed E-state index contributed by atoms with van der Waals surface area (Å²) in [5.74, 6) is 0.410. The number of sulfonamides is 3.